The number of rotatable bonds is 5. The molecule has 0 bridgehead atoms. The highest BCUT2D eigenvalue weighted by atomic mass is 16.5. The molecule has 0 amide bonds. The molecule has 2 heteroatoms. The van der Waals surface area contributed by atoms with E-state index in [4.69, 9.17) is 4.74 Å². The van der Waals surface area contributed by atoms with Crippen LogP contribution in [0.25, 0.3) is 0 Å². The van der Waals surface area contributed by atoms with Gasteiger partial charge in [-0.3, -0.25) is 4.79 Å². The van der Waals surface area contributed by atoms with E-state index in [1.807, 2.05) is 12.1 Å². The molecule has 1 aromatic rings. The Bertz CT molecular complexity index is 375. The fourth-order valence-electron chi connectivity index (χ4n) is 2.38. The predicted octanol–water partition coefficient (Wildman–Crippen LogP) is 3.46. The van der Waals surface area contributed by atoms with Crippen LogP contribution >= 0.6 is 0 Å². The lowest BCUT2D eigenvalue weighted by Crippen LogP contribution is -2.20. The van der Waals surface area contributed by atoms with Gasteiger partial charge in [0.1, 0.15) is 5.78 Å². The summed E-state index contributed by atoms with van der Waals surface area (Å²) in [6, 6.07) is 8.22. The van der Waals surface area contributed by atoms with Crippen LogP contribution in [-0.4, -0.2) is 18.5 Å². The first-order valence-corrected chi connectivity index (χ1v) is 6.93. The first-order chi connectivity index (χ1) is 8.74. The Labute approximate surface area is 109 Å². The van der Waals surface area contributed by atoms with Gasteiger partial charge in [0.25, 0.3) is 0 Å². The molecule has 2 nitrogen and oxygen atoms in total. The first-order valence-electron chi connectivity index (χ1n) is 6.93. The summed E-state index contributed by atoms with van der Waals surface area (Å²) in [4.78, 5) is 11.9. The largest absolute Gasteiger partial charge is 0.378 e. The third-order valence-electron chi connectivity index (χ3n) is 3.54. The van der Waals surface area contributed by atoms with E-state index in [0.717, 1.165) is 25.0 Å². The van der Waals surface area contributed by atoms with Crippen molar-refractivity contribution in [3.63, 3.8) is 0 Å². The number of benzene rings is 1. The van der Waals surface area contributed by atoms with Crippen LogP contribution < -0.4 is 0 Å². The number of hydrogen-bond donors (Lipinski definition) is 0. The maximum Gasteiger partial charge on any atom is 0.137 e. The number of Topliss-reactive ketones (excluding diaryl/α,β-unsaturated/α-hetero) is 1. The van der Waals surface area contributed by atoms with Crippen LogP contribution in [0.4, 0.5) is 0 Å². The fraction of sp³-hybridized carbons (Fsp3) is 0.562. The molecule has 0 radical (unpaired) electrons. The summed E-state index contributed by atoms with van der Waals surface area (Å²) in [7, 11) is 0. The summed E-state index contributed by atoms with van der Waals surface area (Å²) in [6.07, 6.45) is 5.97. The maximum atomic E-state index is 11.9. The molecule has 2 rings (SSSR count). The average Bonchev–Trinajstić information content (AvgIpc) is 2.40. The lowest BCUT2D eigenvalue weighted by Gasteiger charge is -2.22. The van der Waals surface area contributed by atoms with Crippen LogP contribution in [0.5, 0.6) is 0 Å². The number of ketones is 1. The molecule has 1 aliphatic heterocycles. The van der Waals surface area contributed by atoms with Gasteiger partial charge in [-0.25, -0.2) is 0 Å². The van der Waals surface area contributed by atoms with Crippen LogP contribution in [-0.2, 0) is 16.0 Å². The molecule has 1 fully saturated rings. The van der Waals surface area contributed by atoms with E-state index in [2.05, 4.69) is 19.1 Å². The summed E-state index contributed by atoms with van der Waals surface area (Å²) in [6.45, 7) is 2.93. The Hall–Kier alpha value is -1.15. The monoisotopic (exact) mass is 246 g/mol. The molecular weight excluding hydrogens is 224 g/mol. The van der Waals surface area contributed by atoms with Crippen molar-refractivity contribution in [2.24, 2.45) is 0 Å². The van der Waals surface area contributed by atoms with Crippen LogP contribution in [0, 0.1) is 6.92 Å². The topological polar surface area (TPSA) is 26.3 Å². The minimum absolute atomic E-state index is 0.320. The van der Waals surface area contributed by atoms with E-state index in [-0.39, 0.29) is 0 Å². The summed E-state index contributed by atoms with van der Waals surface area (Å²) >= 11 is 0. The minimum Gasteiger partial charge on any atom is -0.378 e. The third-order valence-corrected chi connectivity index (χ3v) is 3.54. The summed E-state index contributed by atoms with van der Waals surface area (Å²) in [5, 5.41) is 0. The highest BCUT2D eigenvalue weighted by Crippen LogP contribution is 2.17. The van der Waals surface area contributed by atoms with Gasteiger partial charge >= 0.3 is 0 Å². The zero-order chi connectivity index (χ0) is 12.8. The summed E-state index contributed by atoms with van der Waals surface area (Å²) in [5.74, 6) is 0.327. The number of hydrogen-bond acceptors (Lipinski definition) is 2. The zero-order valence-electron chi connectivity index (χ0n) is 11.2. The van der Waals surface area contributed by atoms with Crippen molar-refractivity contribution in [1.29, 1.82) is 0 Å². The average molecular weight is 246 g/mol. The Morgan fingerprint density at radius 1 is 1.28 bits per heavy atom. The second-order valence-corrected chi connectivity index (χ2v) is 5.23. The van der Waals surface area contributed by atoms with Crippen molar-refractivity contribution < 1.29 is 9.53 Å². The maximum absolute atomic E-state index is 11.9. The Balaban J connectivity index is 1.73. The van der Waals surface area contributed by atoms with Gasteiger partial charge in [-0.05, 0) is 38.2 Å². The van der Waals surface area contributed by atoms with Crippen molar-refractivity contribution >= 4 is 5.78 Å². The lowest BCUT2D eigenvalue weighted by atomic mass is 10.00. The van der Waals surface area contributed by atoms with Gasteiger partial charge in [0, 0.05) is 19.4 Å². The Kier molecular flexibility index (Phi) is 4.94. The predicted molar refractivity (Wildman–Crippen MR) is 72.7 cm³/mol. The lowest BCUT2D eigenvalue weighted by molar-refractivity contribution is -0.119. The molecule has 1 unspecified atom stereocenters. The van der Waals surface area contributed by atoms with E-state index in [1.54, 1.807) is 0 Å². The van der Waals surface area contributed by atoms with Gasteiger partial charge in [-0.15, -0.1) is 0 Å². The van der Waals surface area contributed by atoms with Crippen molar-refractivity contribution in [1.82, 2.24) is 0 Å². The van der Waals surface area contributed by atoms with Gasteiger partial charge < -0.3 is 4.74 Å². The van der Waals surface area contributed by atoms with Crippen LogP contribution in [0.15, 0.2) is 24.3 Å². The number of ether oxygens (including phenoxy) is 1. The minimum atomic E-state index is 0.320. The second-order valence-electron chi connectivity index (χ2n) is 5.23. The van der Waals surface area contributed by atoms with Crippen molar-refractivity contribution in [3.8, 4) is 0 Å². The summed E-state index contributed by atoms with van der Waals surface area (Å²) in [5.41, 5.74) is 2.36. The highest BCUT2D eigenvalue weighted by Gasteiger charge is 2.15. The molecule has 1 atom stereocenters. The standard InChI is InChI=1S/C16H22O2/c1-13-5-7-14(8-6-13)12-15(17)9-10-16-4-2-3-11-18-16/h5-8,16H,2-4,9-12H2,1H3. The van der Waals surface area contributed by atoms with Gasteiger partial charge in [0.15, 0.2) is 0 Å². The first kappa shape index (κ1) is 13.3. The van der Waals surface area contributed by atoms with Crippen molar-refractivity contribution in [2.45, 2.75) is 51.6 Å². The van der Waals surface area contributed by atoms with E-state index in [1.165, 1.54) is 18.4 Å². The normalized spacial score (nSPS) is 19.7. The molecule has 1 aliphatic rings. The van der Waals surface area contributed by atoms with Crippen molar-refractivity contribution in [2.75, 3.05) is 6.61 Å². The summed E-state index contributed by atoms with van der Waals surface area (Å²) < 4.78 is 5.64. The van der Waals surface area contributed by atoms with E-state index < -0.39 is 0 Å². The molecular formula is C16H22O2. The highest BCUT2D eigenvalue weighted by molar-refractivity contribution is 5.80. The molecule has 0 spiro atoms. The molecule has 0 aliphatic carbocycles. The van der Waals surface area contributed by atoms with Crippen LogP contribution in [0.1, 0.15) is 43.2 Å². The van der Waals surface area contributed by atoms with E-state index in [0.29, 0.717) is 24.7 Å². The van der Waals surface area contributed by atoms with Crippen LogP contribution in [0.3, 0.4) is 0 Å². The Morgan fingerprint density at radius 3 is 2.72 bits per heavy atom. The fourth-order valence-corrected chi connectivity index (χ4v) is 2.38. The molecule has 1 saturated heterocycles. The quantitative estimate of drug-likeness (QED) is 0.795. The second kappa shape index (κ2) is 6.69. The molecule has 0 saturated carbocycles. The molecule has 0 N–H and O–H groups in total. The van der Waals surface area contributed by atoms with Gasteiger partial charge in [0.2, 0.25) is 0 Å². The smallest absolute Gasteiger partial charge is 0.137 e. The molecule has 98 valence electrons. The van der Waals surface area contributed by atoms with E-state index in [9.17, 15) is 4.79 Å². The molecule has 0 aromatic heterocycles. The molecule has 1 aromatic carbocycles. The van der Waals surface area contributed by atoms with Gasteiger partial charge in [-0.1, -0.05) is 29.8 Å². The van der Waals surface area contributed by atoms with E-state index >= 15 is 0 Å². The van der Waals surface area contributed by atoms with Crippen LogP contribution in [0.2, 0.25) is 0 Å². The zero-order valence-corrected chi connectivity index (χ0v) is 11.2. The Morgan fingerprint density at radius 2 is 2.06 bits per heavy atom. The third kappa shape index (κ3) is 4.26. The molecule has 1 heterocycles. The number of carbonyl (C=O) groups excluding carboxylic acids is 1. The number of aryl methyl sites for hydroxylation is 1. The molecule has 18 heavy (non-hydrogen) atoms. The van der Waals surface area contributed by atoms with Gasteiger partial charge in [0.05, 0.1) is 6.10 Å². The van der Waals surface area contributed by atoms with Gasteiger partial charge in [-0.2, -0.15) is 0 Å². The number of carbonyl (C=O) groups is 1. The SMILES string of the molecule is Cc1ccc(CC(=O)CCC2CCCCO2)cc1. The van der Waals surface area contributed by atoms with Crippen molar-refractivity contribution in [3.05, 3.63) is 35.4 Å².